The lowest BCUT2D eigenvalue weighted by Gasteiger charge is -1.95. The van der Waals surface area contributed by atoms with Crippen molar-refractivity contribution in [1.29, 1.82) is 0 Å². The number of aromatic nitrogens is 4. The van der Waals surface area contributed by atoms with Crippen LogP contribution in [0.1, 0.15) is 17.0 Å². The number of rotatable bonds is 4. The van der Waals surface area contributed by atoms with E-state index in [0.717, 1.165) is 0 Å². The Morgan fingerprint density at radius 2 is 2.45 bits per heavy atom. The van der Waals surface area contributed by atoms with Gasteiger partial charge in [-0.05, 0) is 16.8 Å². The van der Waals surface area contributed by atoms with E-state index in [-0.39, 0.29) is 5.82 Å². The molecule has 1 heterocycles. The highest BCUT2D eigenvalue weighted by Gasteiger charge is 2.02. The lowest BCUT2D eigenvalue weighted by molar-refractivity contribution is 0.110. The first-order chi connectivity index (χ1) is 5.38. The van der Waals surface area contributed by atoms with Gasteiger partial charge in [0.15, 0.2) is 6.29 Å². The van der Waals surface area contributed by atoms with Crippen molar-refractivity contribution >= 4 is 6.29 Å². The molecule has 1 aromatic heterocycles. The van der Waals surface area contributed by atoms with Gasteiger partial charge < -0.3 is 0 Å². The smallest absolute Gasteiger partial charge is 0.214 e. The number of nitrogens with zero attached hydrogens (tertiary/aromatic N) is 4. The third kappa shape index (κ3) is 1.79. The molecule has 60 valence electrons. The Labute approximate surface area is 62.2 Å². The third-order valence-corrected chi connectivity index (χ3v) is 1.17. The van der Waals surface area contributed by atoms with Gasteiger partial charge in [-0.1, -0.05) is 0 Å². The Balaban J connectivity index is 2.61. The molecular formula is C5H7FN4O. The fraction of sp³-hybridized carbons (Fsp3) is 0.600. The van der Waals surface area contributed by atoms with Crippen molar-refractivity contribution in [3.63, 3.8) is 0 Å². The van der Waals surface area contributed by atoms with E-state index in [2.05, 4.69) is 15.5 Å². The molecule has 11 heavy (non-hydrogen) atoms. The van der Waals surface area contributed by atoms with Crippen LogP contribution in [0.15, 0.2) is 0 Å². The summed E-state index contributed by atoms with van der Waals surface area (Å²) in [5.74, 6) is 0.137. The van der Waals surface area contributed by atoms with Crippen LogP contribution in [0, 0.1) is 0 Å². The van der Waals surface area contributed by atoms with Crippen molar-refractivity contribution in [3.8, 4) is 0 Å². The zero-order valence-electron chi connectivity index (χ0n) is 5.77. The topological polar surface area (TPSA) is 60.7 Å². The Bertz CT molecular complexity index is 236. The molecule has 0 aliphatic heterocycles. The van der Waals surface area contributed by atoms with Gasteiger partial charge in [-0.25, -0.2) is 4.68 Å². The normalized spacial score (nSPS) is 9.91. The number of carbonyl (C=O) groups is 1. The van der Waals surface area contributed by atoms with E-state index in [1.807, 2.05) is 0 Å². The van der Waals surface area contributed by atoms with Gasteiger partial charge in [0.05, 0.1) is 6.67 Å². The Morgan fingerprint density at radius 1 is 1.64 bits per heavy atom. The zero-order chi connectivity index (χ0) is 8.10. The molecule has 0 bridgehead atoms. The number of halogens is 1. The van der Waals surface area contributed by atoms with E-state index in [9.17, 15) is 9.18 Å². The van der Waals surface area contributed by atoms with E-state index in [0.29, 0.717) is 19.3 Å². The number of hydrogen-bond donors (Lipinski definition) is 0. The van der Waals surface area contributed by atoms with Crippen molar-refractivity contribution in [2.24, 2.45) is 0 Å². The second kappa shape index (κ2) is 3.75. The van der Waals surface area contributed by atoms with Crippen molar-refractivity contribution in [2.75, 3.05) is 6.67 Å². The van der Waals surface area contributed by atoms with Gasteiger partial charge in [0.2, 0.25) is 5.82 Å². The maximum Gasteiger partial charge on any atom is 0.214 e. The van der Waals surface area contributed by atoms with Gasteiger partial charge in [-0.2, -0.15) is 0 Å². The van der Waals surface area contributed by atoms with Crippen LogP contribution in [-0.2, 0) is 6.54 Å². The number of carbonyl (C=O) groups excluding carboxylic acids is 1. The molecule has 0 radical (unpaired) electrons. The van der Waals surface area contributed by atoms with E-state index in [1.54, 1.807) is 0 Å². The van der Waals surface area contributed by atoms with Crippen LogP contribution in [-0.4, -0.2) is 33.2 Å². The fourth-order valence-electron chi connectivity index (χ4n) is 0.665. The quantitative estimate of drug-likeness (QED) is 0.571. The van der Waals surface area contributed by atoms with Crippen molar-refractivity contribution in [1.82, 2.24) is 20.2 Å². The first-order valence-corrected chi connectivity index (χ1v) is 3.16. The number of aryl methyl sites for hydroxylation is 1. The first kappa shape index (κ1) is 7.77. The highest BCUT2D eigenvalue weighted by molar-refractivity contribution is 5.68. The lowest BCUT2D eigenvalue weighted by Crippen LogP contribution is -2.05. The molecule has 0 atom stereocenters. The SMILES string of the molecule is O=Cc1nnnn1CCCF. The molecule has 0 N–H and O–H groups in total. The third-order valence-electron chi connectivity index (χ3n) is 1.17. The second-order valence-electron chi connectivity index (χ2n) is 1.92. The van der Waals surface area contributed by atoms with Crippen molar-refractivity contribution in [3.05, 3.63) is 5.82 Å². The molecule has 1 rings (SSSR count). The standard InChI is InChI=1S/C5H7FN4O/c6-2-1-3-10-5(4-11)7-8-9-10/h4H,1-3H2. The molecule has 0 fully saturated rings. The predicted octanol–water partition coefficient (Wildman–Crippen LogP) is -0.155. The minimum Gasteiger partial charge on any atom is -0.294 e. The molecule has 5 nitrogen and oxygen atoms in total. The van der Waals surface area contributed by atoms with Crippen LogP contribution in [0.5, 0.6) is 0 Å². The van der Waals surface area contributed by atoms with Crippen LogP contribution in [0.4, 0.5) is 4.39 Å². The van der Waals surface area contributed by atoms with Gasteiger partial charge in [0.1, 0.15) is 0 Å². The number of aldehydes is 1. The lowest BCUT2D eigenvalue weighted by atomic mass is 10.4. The molecular weight excluding hydrogens is 151 g/mol. The number of alkyl halides is 1. The minimum absolute atomic E-state index is 0.137. The maximum atomic E-state index is 11.7. The summed E-state index contributed by atoms with van der Waals surface area (Å²) in [6.07, 6.45) is 0.865. The molecule has 0 saturated carbocycles. The summed E-state index contributed by atoms with van der Waals surface area (Å²) in [6, 6.07) is 0. The van der Waals surface area contributed by atoms with Gasteiger partial charge >= 0.3 is 0 Å². The van der Waals surface area contributed by atoms with Crippen molar-refractivity contribution < 1.29 is 9.18 Å². The number of tetrazole rings is 1. The van der Waals surface area contributed by atoms with E-state index < -0.39 is 6.67 Å². The zero-order valence-corrected chi connectivity index (χ0v) is 5.77. The van der Waals surface area contributed by atoms with Gasteiger partial charge in [0.25, 0.3) is 0 Å². The summed E-state index contributed by atoms with van der Waals surface area (Å²) in [6.45, 7) is -0.0876. The van der Waals surface area contributed by atoms with Crippen LogP contribution in [0.2, 0.25) is 0 Å². The average molecular weight is 158 g/mol. The molecule has 0 aromatic carbocycles. The molecule has 0 unspecified atom stereocenters. The minimum atomic E-state index is -0.432. The highest BCUT2D eigenvalue weighted by Crippen LogP contribution is 1.90. The van der Waals surface area contributed by atoms with Crippen molar-refractivity contribution in [2.45, 2.75) is 13.0 Å². The van der Waals surface area contributed by atoms with Gasteiger partial charge in [-0.3, -0.25) is 9.18 Å². The average Bonchev–Trinajstić information content (AvgIpc) is 2.47. The fourth-order valence-corrected chi connectivity index (χ4v) is 0.665. The molecule has 0 saturated heterocycles. The summed E-state index contributed by atoms with van der Waals surface area (Å²) in [4.78, 5) is 10.2. The largest absolute Gasteiger partial charge is 0.294 e. The summed E-state index contributed by atoms with van der Waals surface area (Å²) in [7, 11) is 0. The molecule has 0 aliphatic carbocycles. The van der Waals surface area contributed by atoms with Crippen LogP contribution in [0.3, 0.4) is 0 Å². The number of hydrogen-bond acceptors (Lipinski definition) is 4. The first-order valence-electron chi connectivity index (χ1n) is 3.16. The second-order valence-corrected chi connectivity index (χ2v) is 1.92. The van der Waals surface area contributed by atoms with Crippen LogP contribution in [0.25, 0.3) is 0 Å². The monoisotopic (exact) mass is 158 g/mol. The molecule has 1 aromatic rings. The van der Waals surface area contributed by atoms with E-state index in [1.165, 1.54) is 4.68 Å². The highest BCUT2D eigenvalue weighted by atomic mass is 19.1. The van der Waals surface area contributed by atoms with E-state index in [4.69, 9.17) is 0 Å². The Kier molecular flexibility index (Phi) is 2.65. The summed E-state index contributed by atoms with van der Waals surface area (Å²) < 4.78 is 12.9. The molecule has 0 amide bonds. The van der Waals surface area contributed by atoms with Gasteiger partial charge in [-0.15, -0.1) is 5.10 Å². The van der Waals surface area contributed by atoms with E-state index >= 15 is 0 Å². The summed E-state index contributed by atoms with van der Waals surface area (Å²) in [5.41, 5.74) is 0. The van der Waals surface area contributed by atoms with Crippen LogP contribution >= 0.6 is 0 Å². The Morgan fingerprint density at radius 3 is 3.09 bits per heavy atom. The summed E-state index contributed by atoms with van der Waals surface area (Å²) in [5, 5.41) is 10.1. The predicted molar refractivity (Wildman–Crippen MR) is 33.8 cm³/mol. The molecule has 0 aliphatic rings. The molecule has 0 spiro atoms. The molecule has 6 heteroatoms. The maximum absolute atomic E-state index is 11.7. The summed E-state index contributed by atoms with van der Waals surface area (Å²) >= 11 is 0. The Hall–Kier alpha value is -1.33. The van der Waals surface area contributed by atoms with Crippen LogP contribution < -0.4 is 0 Å². The van der Waals surface area contributed by atoms with Gasteiger partial charge in [0, 0.05) is 6.54 Å².